The van der Waals surface area contributed by atoms with Crippen LogP contribution in [-0.4, -0.2) is 48.4 Å². The van der Waals surface area contributed by atoms with Crippen molar-refractivity contribution in [3.8, 4) is 0 Å². The van der Waals surface area contributed by atoms with Crippen LogP contribution in [0.2, 0.25) is 0 Å². The average molecular weight is 236 g/mol. The zero-order chi connectivity index (χ0) is 12.1. The summed E-state index contributed by atoms with van der Waals surface area (Å²) in [6, 6.07) is 0. The molecular formula is C14H24N2O. The first-order valence-corrected chi connectivity index (χ1v) is 6.93. The quantitative estimate of drug-likeness (QED) is 0.699. The summed E-state index contributed by atoms with van der Waals surface area (Å²) in [5, 5.41) is 0. The summed E-state index contributed by atoms with van der Waals surface area (Å²) in [5.41, 5.74) is 0. The minimum atomic E-state index is 0.334. The molecule has 1 saturated heterocycles. The Morgan fingerprint density at radius 1 is 1.12 bits per heavy atom. The molecule has 0 aromatic rings. The van der Waals surface area contributed by atoms with Crippen LogP contribution in [0.15, 0.2) is 12.7 Å². The van der Waals surface area contributed by atoms with Crippen molar-refractivity contribution < 1.29 is 4.79 Å². The van der Waals surface area contributed by atoms with Gasteiger partial charge in [0, 0.05) is 38.6 Å². The Morgan fingerprint density at radius 2 is 1.88 bits per heavy atom. The first-order valence-electron chi connectivity index (χ1n) is 6.93. The van der Waals surface area contributed by atoms with Crippen LogP contribution < -0.4 is 0 Å². The van der Waals surface area contributed by atoms with Gasteiger partial charge in [0.1, 0.15) is 0 Å². The number of hydrogen-bond donors (Lipinski definition) is 0. The first-order chi connectivity index (χ1) is 8.31. The molecular weight excluding hydrogens is 212 g/mol. The molecule has 0 unspecified atom stereocenters. The van der Waals surface area contributed by atoms with Gasteiger partial charge in [-0.2, -0.15) is 0 Å². The standard InChI is InChI=1S/C14H24N2O/c1-2-8-15-9-5-10-16(12-11-15)14(17)13-6-3-4-7-13/h2,13H,1,3-12H2. The van der Waals surface area contributed by atoms with Crippen LogP contribution >= 0.6 is 0 Å². The van der Waals surface area contributed by atoms with Crippen molar-refractivity contribution >= 4 is 5.91 Å². The van der Waals surface area contributed by atoms with E-state index in [2.05, 4.69) is 16.4 Å². The molecule has 1 aliphatic carbocycles. The third-order valence-corrected chi connectivity index (χ3v) is 3.99. The number of nitrogens with zero attached hydrogens (tertiary/aromatic N) is 2. The highest BCUT2D eigenvalue weighted by Crippen LogP contribution is 2.26. The molecule has 2 fully saturated rings. The second kappa shape index (κ2) is 6.20. The van der Waals surface area contributed by atoms with Crippen LogP contribution in [0, 0.1) is 5.92 Å². The molecule has 0 radical (unpaired) electrons. The van der Waals surface area contributed by atoms with E-state index in [1.165, 1.54) is 12.8 Å². The van der Waals surface area contributed by atoms with Gasteiger partial charge < -0.3 is 4.90 Å². The highest BCUT2D eigenvalue weighted by atomic mass is 16.2. The van der Waals surface area contributed by atoms with E-state index in [0.717, 1.165) is 52.0 Å². The smallest absolute Gasteiger partial charge is 0.225 e. The summed E-state index contributed by atoms with van der Waals surface area (Å²) in [4.78, 5) is 16.8. The SMILES string of the molecule is C=CCN1CCCN(C(=O)C2CCCC2)CC1. The Kier molecular flexibility index (Phi) is 4.60. The van der Waals surface area contributed by atoms with E-state index in [-0.39, 0.29) is 0 Å². The maximum Gasteiger partial charge on any atom is 0.225 e. The van der Waals surface area contributed by atoms with Crippen molar-refractivity contribution in [2.75, 3.05) is 32.7 Å². The Bertz CT molecular complexity index is 271. The predicted octanol–water partition coefficient (Wildman–Crippen LogP) is 1.90. The summed E-state index contributed by atoms with van der Waals surface area (Å²) in [5.74, 6) is 0.754. The largest absolute Gasteiger partial charge is 0.341 e. The van der Waals surface area contributed by atoms with Crippen molar-refractivity contribution in [2.24, 2.45) is 5.92 Å². The molecule has 96 valence electrons. The molecule has 0 atom stereocenters. The van der Waals surface area contributed by atoms with E-state index in [0.29, 0.717) is 11.8 Å². The fourth-order valence-electron chi connectivity index (χ4n) is 2.99. The zero-order valence-corrected chi connectivity index (χ0v) is 10.7. The van der Waals surface area contributed by atoms with Crippen molar-refractivity contribution in [2.45, 2.75) is 32.1 Å². The average Bonchev–Trinajstić information content (AvgIpc) is 2.76. The maximum absolute atomic E-state index is 12.3. The minimum Gasteiger partial charge on any atom is -0.341 e. The lowest BCUT2D eigenvalue weighted by molar-refractivity contribution is -0.135. The van der Waals surface area contributed by atoms with Gasteiger partial charge in [-0.1, -0.05) is 18.9 Å². The van der Waals surface area contributed by atoms with Gasteiger partial charge in [0.15, 0.2) is 0 Å². The zero-order valence-electron chi connectivity index (χ0n) is 10.7. The summed E-state index contributed by atoms with van der Waals surface area (Å²) in [6.45, 7) is 8.69. The van der Waals surface area contributed by atoms with Gasteiger partial charge in [-0.15, -0.1) is 6.58 Å². The highest BCUT2D eigenvalue weighted by molar-refractivity contribution is 5.79. The van der Waals surface area contributed by atoms with Gasteiger partial charge in [-0.25, -0.2) is 0 Å². The molecule has 0 bridgehead atoms. The molecule has 0 N–H and O–H groups in total. The lowest BCUT2D eigenvalue weighted by Gasteiger charge is -2.24. The molecule has 1 amide bonds. The number of carbonyl (C=O) groups is 1. The normalized spacial score (nSPS) is 23.6. The predicted molar refractivity (Wildman–Crippen MR) is 69.8 cm³/mol. The molecule has 1 saturated carbocycles. The van der Waals surface area contributed by atoms with E-state index >= 15 is 0 Å². The topological polar surface area (TPSA) is 23.6 Å². The Morgan fingerprint density at radius 3 is 2.59 bits per heavy atom. The molecule has 0 spiro atoms. The van der Waals surface area contributed by atoms with Crippen molar-refractivity contribution in [3.05, 3.63) is 12.7 Å². The Labute approximate surface area is 104 Å². The summed E-state index contributed by atoms with van der Waals surface area (Å²) in [6.07, 6.45) is 7.78. The van der Waals surface area contributed by atoms with Crippen LogP contribution in [0.1, 0.15) is 32.1 Å². The van der Waals surface area contributed by atoms with Crippen molar-refractivity contribution in [1.82, 2.24) is 9.80 Å². The third kappa shape index (κ3) is 3.32. The molecule has 1 aliphatic heterocycles. The summed E-state index contributed by atoms with van der Waals surface area (Å²) < 4.78 is 0. The Balaban J connectivity index is 1.84. The fourth-order valence-corrected chi connectivity index (χ4v) is 2.99. The Hall–Kier alpha value is -0.830. The molecule has 0 aromatic heterocycles. The number of rotatable bonds is 3. The lowest BCUT2D eigenvalue weighted by Crippen LogP contribution is -2.38. The molecule has 3 nitrogen and oxygen atoms in total. The monoisotopic (exact) mass is 236 g/mol. The van der Waals surface area contributed by atoms with Gasteiger partial charge in [-0.05, 0) is 19.3 Å². The molecule has 17 heavy (non-hydrogen) atoms. The molecule has 0 aromatic carbocycles. The first kappa shape index (κ1) is 12.6. The third-order valence-electron chi connectivity index (χ3n) is 3.99. The number of hydrogen-bond acceptors (Lipinski definition) is 2. The maximum atomic E-state index is 12.3. The molecule has 2 rings (SSSR count). The fraction of sp³-hybridized carbons (Fsp3) is 0.786. The minimum absolute atomic E-state index is 0.334. The molecule has 2 aliphatic rings. The van der Waals surface area contributed by atoms with E-state index in [9.17, 15) is 4.79 Å². The summed E-state index contributed by atoms with van der Waals surface area (Å²) in [7, 11) is 0. The lowest BCUT2D eigenvalue weighted by atomic mass is 10.1. The van der Waals surface area contributed by atoms with Crippen molar-refractivity contribution in [1.29, 1.82) is 0 Å². The van der Waals surface area contributed by atoms with E-state index < -0.39 is 0 Å². The van der Waals surface area contributed by atoms with E-state index in [4.69, 9.17) is 0 Å². The number of carbonyl (C=O) groups excluding carboxylic acids is 1. The van der Waals surface area contributed by atoms with E-state index in [1.54, 1.807) is 0 Å². The highest BCUT2D eigenvalue weighted by Gasteiger charge is 2.28. The molecule has 3 heteroatoms. The van der Waals surface area contributed by atoms with Crippen LogP contribution in [0.25, 0.3) is 0 Å². The summed E-state index contributed by atoms with van der Waals surface area (Å²) >= 11 is 0. The van der Waals surface area contributed by atoms with Crippen LogP contribution in [0.3, 0.4) is 0 Å². The molecule has 1 heterocycles. The van der Waals surface area contributed by atoms with Crippen LogP contribution in [-0.2, 0) is 4.79 Å². The second-order valence-electron chi connectivity index (χ2n) is 5.25. The van der Waals surface area contributed by atoms with Crippen LogP contribution in [0.5, 0.6) is 0 Å². The van der Waals surface area contributed by atoms with Gasteiger partial charge in [0.2, 0.25) is 5.91 Å². The van der Waals surface area contributed by atoms with Gasteiger partial charge in [0.05, 0.1) is 0 Å². The van der Waals surface area contributed by atoms with Gasteiger partial charge >= 0.3 is 0 Å². The van der Waals surface area contributed by atoms with Gasteiger partial charge in [0.25, 0.3) is 0 Å². The van der Waals surface area contributed by atoms with Crippen molar-refractivity contribution in [3.63, 3.8) is 0 Å². The van der Waals surface area contributed by atoms with Crippen LogP contribution in [0.4, 0.5) is 0 Å². The van der Waals surface area contributed by atoms with E-state index in [1.807, 2.05) is 6.08 Å². The number of amides is 1. The van der Waals surface area contributed by atoms with Gasteiger partial charge in [-0.3, -0.25) is 9.69 Å². The second-order valence-corrected chi connectivity index (χ2v) is 5.25.